The number of likely N-dealkylation sites (tertiary alicyclic amines) is 2. The van der Waals surface area contributed by atoms with Crippen molar-refractivity contribution in [3.05, 3.63) is 47.4 Å². The lowest BCUT2D eigenvalue weighted by molar-refractivity contribution is -0.132. The first-order chi connectivity index (χ1) is 14.7. The summed E-state index contributed by atoms with van der Waals surface area (Å²) in [5, 5.41) is 0. The molecule has 2 saturated heterocycles. The molecule has 1 spiro atoms. The molecule has 7 heteroatoms. The van der Waals surface area contributed by atoms with Crippen molar-refractivity contribution in [3.63, 3.8) is 0 Å². The molecule has 2 N–H and O–H groups in total. The average molecular weight is 427 g/mol. The van der Waals surface area contributed by atoms with E-state index in [1.807, 2.05) is 36.6 Å². The smallest absolute Gasteiger partial charge is 0.255 e. The monoisotopic (exact) mass is 426 g/mol. The Morgan fingerprint density at radius 1 is 1.06 bits per heavy atom. The summed E-state index contributed by atoms with van der Waals surface area (Å²) in [6.07, 6.45) is 3.60. The van der Waals surface area contributed by atoms with Gasteiger partial charge >= 0.3 is 0 Å². The second kappa shape index (κ2) is 8.11. The maximum Gasteiger partial charge on any atom is 0.255 e. The average Bonchev–Trinajstić information content (AvgIpc) is 3.03. The zero-order chi connectivity index (χ0) is 22.3. The minimum absolute atomic E-state index is 0.0103. The van der Waals surface area contributed by atoms with E-state index in [0.29, 0.717) is 18.7 Å². The molecule has 0 radical (unpaired) electrons. The first kappa shape index (κ1) is 21.6. The van der Waals surface area contributed by atoms with E-state index in [9.17, 15) is 14.0 Å². The number of hydrogen-bond acceptors (Lipinski definition) is 3. The number of likely N-dealkylation sites (N-methyl/N-ethyl adjacent to an activating group) is 1. The Bertz CT molecular complexity index is 990. The fourth-order valence-corrected chi connectivity index (χ4v) is 5.60. The molecule has 1 atom stereocenters. The lowest BCUT2D eigenvalue weighted by atomic mass is 9.66. The largest absolute Gasteiger partial charge is 0.368 e. The fraction of sp³-hybridized carbons (Fsp3) is 0.500. The highest BCUT2D eigenvalue weighted by Gasteiger charge is 2.48. The van der Waals surface area contributed by atoms with Crippen LogP contribution in [0.3, 0.4) is 0 Å². The van der Waals surface area contributed by atoms with Crippen molar-refractivity contribution in [2.75, 3.05) is 26.7 Å². The van der Waals surface area contributed by atoms with E-state index in [0.717, 1.165) is 49.2 Å². The molecule has 1 aromatic heterocycles. The first-order valence-corrected chi connectivity index (χ1v) is 10.9. The number of amides is 2. The molecule has 2 fully saturated rings. The summed E-state index contributed by atoms with van der Waals surface area (Å²) >= 11 is 0. The first-order valence-electron chi connectivity index (χ1n) is 10.9. The molecule has 0 aliphatic carbocycles. The van der Waals surface area contributed by atoms with Crippen LogP contribution in [-0.2, 0) is 11.8 Å². The molecule has 3 heterocycles. The molecule has 2 amide bonds. The van der Waals surface area contributed by atoms with Crippen molar-refractivity contribution in [1.29, 1.82) is 0 Å². The maximum atomic E-state index is 13.4. The molecule has 0 saturated carbocycles. The highest BCUT2D eigenvalue weighted by molar-refractivity contribution is 5.97. The molecule has 1 aromatic carbocycles. The number of halogens is 1. The third-order valence-corrected chi connectivity index (χ3v) is 7.43. The normalized spacial score (nSPS) is 21.4. The molecule has 0 bridgehead atoms. The Balaban J connectivity index is 1.53. The van der Waals surface area contributed by atoms with Crippen LogP contribution >= 0.6 is 0 Å². The van der Waals surface area contributed by atoms with Crippen LogP contribution in [0.2, 0.25) is 0 Å². The number of aromatic nitrogens is 1. The molecule has 6 nitrogen and oxygen atoms in total. The second-order valence-electron chi connectivity index (χ2n) is 9.14. The van der Waals surface area contributed by atoms with Gasteiger partial charge in [-0.2, -0.15) is 0 Å². The number of carbonyl (C=O) groups is 2. The zero-order valence-electron chi connectivity index (χ0n) is 18.5. The zero-order valence-corrected chi connectivity index (χ0v) is 18.5. The van der Waals surface area contributed by atoms with Crippen LogP contribution in [0, 0.1) is 18.2 Å². The standard InChI is InChI=1S/C24H31FN4O2/c1-16-19(15-20(28(16)3)17-5-7-18(25)8-6-17)23(31)29-13-10-24(11-14-29)9-4-12-27(2)21(24)22(26)30/h5-8,15,21H,4,9-14H2,1-3H3,(H2,26,30). The summed E-state index contributed by atoms with van der Waals surface area (Å²) in [6.45, 7) is 4.06. The highest BCUT2D eigenvalue weighted by Crippen LogP contribution is 2.44. The summed E-state index contributed by atoms with van der Waals surface area (Å²) < 4.78 is 15.3. The van der Waals surface area contributed by atoms with E-state index < -0.39 is 0 Å². The van der Waals surface area contributed by atoms with Gasteiger partial charge in [0.1, 0.15) is 5.82 Å². The van der Waals surface area contributed by atoms with Crippen LogP contribution in [0.1, 0.15) is 41.7 Å². The number of hydrogen-bond donors (Lipinski definition) is 1. The summed E-state index contributed by atoms with van der Waals surface area (Å²) in [4.78, 5) is 29.5. The van der Waals surface area contributed by atoms with Gasteiger partial charge in [0, 0.05) is 31.5 Å². The van der Waals surface area contributed by atoms with Gasteiger partial charge in [-0.25, -0.2) is 4.39 Å². The van der Waals surface area contributed by atoms with Gasteiger partial charge in [0.25, 0.3) is 5.91 Å². The van der Waals surface area contributed by atoms with Crippen LogP contribution in [0.5, 0.6) is 0 Å². The maximum absolute atomic E-state index is 13.4. The van der Waals surface area contributed by atoms with Crippen LogP contribution < -0.4 is 5.73 Å². The van der Waals surface area contributed by atoms with E-state index >= 15 is 0 Å². The minimum Gasteiger partial charge on any atom is -0.368 e. The van der Waals surface area contributed by atoms with Crippen molar-refractivity contribution >= 4 is 11.8 Å². The van der Waals surface area contributed by atoms with E-state index in [1.165, 1.54) is 12.1 Å². The van der Waals surface area contributed by atoms with Gasteiger partial charge in [-0.3, -0.25) is 14.5 Å². The quantitative estimate of drug-likeness (QED) is 0.820. The van der Waals surface area contributed by atoms with Gasteiger partial charge in [0.05, 0.1) is 11.6 Å². The topological polar surface area (TPSA) is 71.6 Å². The van der Waals surface area contributed by atoms with E-state index in [-0.39, 0.29) is 29.1 Å². The van der Waals surface area contributed by atoms with Crippen molar-refractivity contribution in [1.82, 2.24) is 14.4 Å². The van der Waals surface area contributed by atoms with Gasteiger partial charge in [-0.1, -0.05) is 0 Å². The summed E-state index contributed by atoms with van der Waals surface area (Å²) in [5.74, 6) is -0.531. The molecular formula is C24H31FN4O2. The van der Waals surface area contributed by atoms with Crippen LogP contribution in [0.25, 0.3) is 11.3 Å². The molecule has 166 valence electrons. The van der Waals surface area contributed by atoms with Crippen LogP contribution in [0.4, 0.5) is 4.39 Å². The second-order valence-corrected chi connectivity index (χ2v) is 9.14. The van der Waals surface area contributed by atoms with Gasteiger partial charge < -0.3 is 15.2 Å². The molecule has 1 unspecified atom stereocenters. The molecule has 2 aromatic rings. The molecule has 2 aliphatic heterocycles. The van der Waals surface area contributed by atoms with Crippen molar-refractivity contribution in [3.8, 4) is 11.3 Å². The molecule has 2 aliphatic rings. The molecule has 31 heavy (non-hydrogen) atoms. The Kier molecular flexibility index (Phi) is 5.64. The van der Waals surface area contributed by atoms with Crippen molar-refractivity contribution in [2.45, 2.75) is 38.6 Å². The lowest BCUT2D eigenvalue weighted by Crippen LogP contribution is -2.60. The van der Waals surface area contributed by atoms with E-state index in [4.69, 9.17) is 5.73 Å². The third-order valence-electron chi connectivity index (χ3n) is 7.43. The van der Waals surface area contributed by atoms with Gasteiger partial charge in [0.15, 0.2) is 0 Å². The predicted molar refractivity (Wildman–Crippen MR) is 118 cm³/mol. The number of rotatable bonds is 3. The Morgan fingerprint density at radius 2 is 1.71 bits per heavy atom. The Morgan fingerprint density at radius 3 is 2.32 bits per heavy atom. The summed E-state index contributed by atoms with van der Waals surface area (Å²) in [6, 6.07) is 7.95. The SMILES string of the molecule is Cc1c(C(=O)N2CCC3(CCCN(C)C3C(N)=O)CC2)cc(-c2ccc(F)cc2)n1C. The number of nitrogens with zero attached hydrogens (tertiary/aromatic N) is 3. The number of piperidine rings is 2. The predicted octanol–water partition coefficient (Wildman–Crippen LogP) is 2.94. The van der Waals surface area contributed by atoms with Crippen LogP contribution in [0.15, 0.2) is 30.3 Å². The van der Waals surface area contributed by atoms with Gasteiger partial charge in [-0.15, -0.1) is 0 Å². The third kappa shape index (κ3) is 3.76. The number of nitrogens with two attached hydrogens (primary N) is 1. The summed E-state index contributed by atoms with van der Waals surface area (Å²) in [5.41, 5.74) is 8.94. The Hall–Kier alpha value is -2.67. The van der Waals surface area contributed by atoms with E-state index in [2.05, 4.69) is 4.90 Å². The van der Waals surface area contributed by atoms with E-state index in [1.54, 1.807) is 12.1 Å². The highest BCUT2D eigenvalue weighted by atomic mass is 19.1. The van der Waals surface area contributed by atoms with Gasteiger partial charge in [0.2, 0.25) is 5.91 Å². The van der Waals surface area contributed by atoms with Crippen molar-refractivity contribution in [2.24, 2.45) is 18.2 Å². The lowest BCUT2D eigenvalue weighted by Gasteiger charge is -2.51. The fourth-order valence-electron chi connectivity index (χ4n) is 5.60. The Labute approximate surface area is 182 Å². The number of benzene rings is 1. The van der Waals surface area contributed by atoms with Crippen molar-refractivity contribution < 1.29 is 14.0 Å². The minimum atomic E-state index is -0.282. The number of primary amides is 1. The van der Waals surface area contributed by atoms with Gasteiger partial charge in [-0.05, 0) is 87.5 Å². The molecule has 4 rings (SSSR count). The number of carbonyl (C=O) groups excluding carboxylic acids is 2. The summed E-state index contributed by atoms with van der Waals surface area (Å²) in [7, 11) is 3.89. The molecular weight excluding hydrogens is 395 g/mol. The van der Waals surface area contributed by atoms with Crippen LogP contribution in [-0.4, -0.2) is 58.9 Å².